The number of ether oxygens (including phenoxy) is 2. The number of amides is 1. The van der Waals surface area contributed by atoms with Gasteiger partial charge < -0.3 is 14.4 Å². The molecule has 0 aliphatic carbocycles. The zero-order valence-electron chi connectivity index (χ0n) is 11.5. The highest BCUT2D eigenvalue weighted by atomic mass is 16.5. The van der Waals surface area contributed by atoms with Crippen molar-refractivity contribution in [2.75, 3.05) is 26.3 Å². The topological polar surface area (TPSA) is 99.4 Å². The van der Waals surface area contributed by atoms with E-state index in [1.54, 1.807) is 11.8 Å². The van der Waals surface area contributed by atoms with Crippen LogP contribution in [0.3, 0.4) is 0 Å². The van der Waals surface area contributed by atoms with Crippen LogP contribution in [0.1, 0.15) is 24.5 Å². The number of esters is 1. The van der Waals surface area contributed by atoms with Gasteiger partial charge in [0.1, 0.15) is 6.54 Å². The minimum atomic E-state index is -0.638. The monoisotopic (exact) mass is 283 g/mol. The average molecular weight is 283 g/mol. The van der Waals surface area contributed by atoms with Crippen molar-refractivity contribution in [1.82, 2.24) is 25.1 Å². The van der Waals surface area contributed by atoms with Crippen molar-refractivity contribution in [2.45, 2.75) is 26.5 Å². The van der Waals surface area contributed by atoms with E-state index in [0.29, 0.717) is 19.7 Å². The van der Waals surface area contributed by atoms with Gasteiger partial charge in [-0.1, -0.05) is 0 Å². The molecule has 1 unspecified atom stereocenters. The van der Waals surface area contributed by atoms with Gasteiger partial charge >= 0.3 is 5.97 Å². The number of carbonyl (C=O) groups excluding carboxylic acids is 2. The van der Waals surface area contributed by atoms with Gasteiger partial charge in [-0.05, 0) is 24.3 Å². The van der Waals surface area contributed by atoms with Crippen molar-refractivity contribution in [1.29, 1.82) is 0 Å². The third-order valence-electron chi connectivity index (χ3n) is 2.87. The van der Waals surface area contributed by atoms with E-state index in [2.05, 4.69) is 15.5 Å². The second-order valence-electron chi connectivity index (χ2n) is 4.40. The Hall–Kier alpha value is -2.03. The van der Waals surface area contributed by atoms with E-state index in [0.717, 1.165) is 4.68 Å². The summed E-state index contributed by atoms with van der Waals surface area (Å²) in [5.74, 6) is -0.861. The van der Waals surface area contributed by atoms with Gasteiger partial charge in [-0.25, -0.2) is 9.48 Å². The molecule has 0 bridgehead atoms. The molecule has 1 aromatic heterocycles. The summed E-state index contributed by atoms with van der Waals surface area (Å²) in [6.45, 7) is 5.28. The van der Waals surface area contributed by atoms with Gasteiger partial charge in [0, 0.05) is 13.1 Å². The molecule has 1 aromatic rings. The lowest BCUT2D eigenvalue weighted by molar-refractivity contribution is -0.139. The number of hydrogen-bond donors (Lipinski definition) is 0. The molecule has 0 aromatic carbocycles. The smallest absolute Gasteiger partial charge is 0.378 e. The second kappa shape index (κ2) is 6.42. The largest absolute Gasteiger partial charge is 0.460 e. The fourth-order valence-electron chi connectivity index (χ4n) is 1.93. The molecule has 1 aliphatic rings. The van der Waals surface area contributed by atoms with Crippen molar-refractivity contribution in [3.05, 3.63) is 5.82 Å². The van der Waals surface area contributed by atoms with Crippen LogP contribution in [0.25, 0.3) is 0 Å². The maximum atomic E-state index is 12.1. The lowest BCUT2D eigenvalue weighted by Crippen LogP contribution is -2.46. The van der Waals surface area contributed by atoms with E-state index in [1.807, 2.05) is 6.92 Å². The fraction of sp³-hybridized carbons (Fsp3) is 0.727. The van der Waals surface area contributed by atoms with E-state index in [1.165, 1.54) is 0 Å². The number of morpholine rings is 1. The predicted molar refractivity (Wildman–Crippen MR) is 65.8 cm³/mol. The van der Waals surface area contributed by atoms with Gasteiger partial charge in [0.25, 0.3) is 5.82 Å². The first-order valence-corrected chi connectivity index (χ1v) is 6.44. The van der Waals surface area contributed by atoms with Gasteiger partial charge in [-0.2, -0.15) is 0 Å². The van der Waals surface area contributed by atoms with Gasteiger partial charge in [0.05, 0.1) is 19.3 Å². The number of nitrogens with zero attached hydrogens (tertiary/aromatic N) is 5. The fourth-order valence-corrected chi connectivity index (χ4v) is 1.93. The number of hydrogen-bond acceptors (Lipinski definition) is 7. The zero-order chi connectivity index (χ0) is 14.5. The van der Waals surface area contributed by atoms with Crippen molar-refractivity contribution < 1.29 is 19.1 Å². The molecule has 1 amide bonds. The lowest BCUT2D eigenvalue weighted by atomic mass is 10.3. The van der Waals surface area contributed by atoms with Crippen LogP contribution in [-0.2, 0) is 20.8 Å². The molecule has 110 valence electrons. The molecule has 2 heterocycles. The van der Waals surface area contributed by atoms with E-state index < -0.39 is 5.97 Å². The number of tetrazole rings is 1. The van der Waals surface area contributed by atoms with E-state index in [4.69, 9.17) is 9.47 Å². The zero-order valence-corrected chi connectivity index (χ0v) is 11.5. The molecule has 2 rings (SSSR count). The van der Waals surface area contributed by atoms with Crippen LogP contribution < -0.4 is 0 Å². The van der Waals surface area contributed by atoms with Gasteiger partial charge in [-0.3, -0.25) is 4.79 Å². The Bertz CT molecular complexity index is 489. The Morgan fingerprint density at radius 3 is 3.00 bits per heavy atom. The number of carbonyl (C=O) groups is 2. The van der Waals surface area contributed by atoms with Crippen LogP contribution in [0.4, 0.5) is 0 Å². The summed E-state index contributed by atoms with van der Waals surface area (Å²) in [5, 5.41) is 10.6. The Morgan fingerprint density at radius 2 is 2.30 bits per heavy atom. The standard InChI is InChI=1S/C11H17N5O4/c1-3-19-11(18)10-12-13-14-16(10)7-9(17)15-4-5-20-8(2)6-15/h8H,3-7H2,1-2H3. The van der Waals surface area contributed by atoms with Crippen LogP contribution in [0.15, 0.2) is 0 Å². The molecule has 1 fully saturated rings. The molecule has 0 spiro atoms. The molecule has 9 heteroatoms. The Balaban J connectivity index is 2.01. The first-order valence-electron chi connectivity index (χ1n) is 6.44. The highest BCUT2D eigenvalue weighted by Gasteiger charge is 2.24. The normalized spacial score (nSPS) is 18.9. The van der Waals surface area contributed by atoms with Crippen LogP contribution in [0, 0.1) is 0 Å². The summed E-state index contributed by atoms with van der Waals surface area (Å²) in [6.07, 6.45) is 0.00565. The first kappa shape index (κ1) is 14.4. The summed E-state index contributed by atoms with van der Waals surface area (Å²) in [4.78, 5) is 25.4. The van der Waals surface area contributed by atoms with Crippen molar-refractivity contribution in [2.24, 2.45) is 0 Å². The first-order chi connectivity index (χ1) is 9.61. The molecule has 1 atom stereocenters. The van der Waals surface area contributed by atoms with Crippen LogP contribution in [0.2, 0.25) is 0 Å². The van der Waals surface area contributed by atoms with E-state index in [-0.39, 0.29) is 31.0 Å². The average Bonchev–Trinajstić information content (AvgIpc) is 2.87. The highest BCUT2D eigenvalue weighted by molar-refractivity contribution is 5.86. The maximum absolute atomic E-state index is 12.1. The third-order valence-corrected chi connectivity index (χ3v) is 2.87. The van der Waals surface area contributed by atoms with Crippen molar-refractivity contribution >= 4 is 11.9 Å². The Morgan fingerprint density at radius 1 is 1.50 bits per heavy atom. The Kier molecular flexibility index (Phi) is 4.61. The second-order valence-corrected chi connectivity index (χ2v) is 4.40. The molecule has 20 heavy (non-hydrogen) atoms. The van der Waals surface area contributed by atoms with Gasteiger partial charge in [0.2, 0.25) is 5.91 Å². The third kappa shape index (κ3) is 3.29. The highest BCUT2D eigenvalue weighted by Crippen LogP contribution is 2.06. The quantitative estimate of drug-likeness (QED) is 0.660. The molecule has 1 aliphatic heterocycles. The van der Waals surface area contributed by atoms with Gasteiger partial charge in [-0.15, -0.1) is 5.10 Å². The number of rotatable bonds is 4. The molecular formula is C11H17N5O4. The van der Waals surface area contributed by atoms with E-state index in [9.17, 15) is 9.59 Å². The summed E-state index contributed by atoms with van der Waals surface area (Å²) < 4.78 is 11.3. The summed E-state index contributed by atoms with van der Waals surface area (Å²) >= 11 is 0. The summed E-state index contributed by atoms with van der Waals surface area (Å²) in [7, 11) is 0. The minimum absolute atomic E-state index is 0.00565. The van der Waals surface area contributed by atoms with Crippen LogP contribution >= 0.6 is 0 Å². The van der Waals surface area contributed by atoms with Crippen molar-refractivity contribution in [3.63, 3.8) is 0 Å². The van der Waals surface area contributed by atoms with E-state index >= 15 is 0 Å². The predicted octanol–water partition coefficient (Wildman–Crippen LogP) is -0.903. The van der Waals surface area contributed by atoms with Crippen molar-refractivity contribution in [3.8, 4) is 0 Å². The SMILES string of the molecule is CCOC(=O)c1nnnn1CC(=O)N1CCOC(C)C1. The van der Waals surface area contributed by atoms with Crippen LogP contribution in [-0.4, -0.2) is 69.4 Å². The Labute approximate surface area is 115 Å². The molecule has 9 nitrogen and oxygen atoms in total. The lowest BCUT2D eigenvalue weighted by Gasteiger charge is -2.31. The number of aromatic nitrogens is 4. The minimum Gasteiger partial charge on any atom is -0.460 e. The molecule has 0 N–H and O–H groups in total. The molecule has 1 saturated heterocycles. The summed E-state index contributed by atoms with van der Waals surface area (Å²) in [6, 6.07) is 0. The molecule has 0 radical (unpaired) electrons. The van der Waals surface area contributed by atoms with Crippen LogP contribution in [0.5, 0.6) is 0 Å². The summed E-state index contributed by atoms with van der Waals surface area (Å²) in [5.41, 5.74) is 0. The van der Waals surface area contributed by atoms with Gasteiger partial charge in [0.15, 0.2) is 0 Å². The molecule has 0 saturated carbocycles. The molecular weight excluding hydrogens is 266 g/mol. The maximum Gasteiger partial charge on any atom is 0.378 e.